The number of nitrogens with one attached hydrogen (secondary N) is 1. The summed E-state index contributed by atoms with van der Waals surface area (Å²) in [5.41, 5.74) is 0. The molecule has 0 spiro atoms. The molecule has 0 heterocycles. The molecule has 0 unspecified atom stereocenters. The van der Waals surface area contributed by atoms with Crippen LogP contribution in [0.4, 0.5) is 0 Å². The molecule has 1 N–H and O–H groups in total. The van der Waals surface area contributed by atoms with E-state index in [4.69, 9.17) is 0 Å². The Morgan fingerprint density at radius 2 is 2.17 bits per heavy atom. The van der Waals surface area contributed by atoms with E-state index in [1.165, 1.54) is 7.51 Å². The van der Waals surface area contributed by atoms with Crippen molar-refractivity contribution in [3.63, 3.8) is 0 Å². The largest absolute Gasteiger partial charge is 0.212 e. The third kappa shape index (κ3) is 6.42. The van der Waals surface area contributed by atoms with Crippen molar-refractivity contribution in [3.05, 3.63) is 0 Å². The van der Waals surface area contributed by atoms with E-state index in [0.29, 0.717) is 4.42 Å². The molecule has 0 saturated carbocycles. The van der Waals surface area contributed by atoms with Crippen molar-refractivity contribution in [2.75, 3.05) is 0 Å². The first kappa shape index (κ1) is 8.42. The van der Waals surface area contributed by atoms with Gasteiger partial charge < -0.3 is 0 Å². The van der Waals surface area contributed by atoms with Crippen LogP contribution in [0.15, 0.2) is 0 Å². The lowest BCUT2D eigenvalue weighted by Gasteiger charge is -1.78. The Morgan fingerprint density at radius 3 is 2.17 bits per heavy atom. The van der Waals surface area contributed by atoms with Crippen LogP contribution in [0.3, 0.4) is 0 Å². The maximum atomic E-state index is 3.79. The molecule has 0 aliphatic heterocycles. The van der Waals surface area contributed by atoms with Crippen LogP contribution in [0.5, 0.6) is 0 Å². The molecule has 0 aromatic carbocycles. The van der Waals surface area contributed by atoms with Gasteiger partial charge in [0.2, 0.25) is 0 Å². The maximum Gasteiger partial charge on any atom is 0.0423 e. The third-order valence-electron chi connectivity index (χ3n) is 0.110. The van der Waals surface area contributed by atoms with E-state index in [-0.39, 0.29) is 0 Å². The Morgan fingerprint density at radius 1 is 1.67 bits per heavy atom. The van der Waals surface area contributed by atoms with Crippen LogP contribution < -0.4 is 4.49 Å². The third-order valence-corrected chi connectivity index (χ3v) is 5.27. The molecule has 6 heteroatoms. The van der Waals surface area contributed by atoms with Gasteiger partial charge in [-0.2, -0.15) is 0 Å². The Bertz CT molecular complexity index is 58.6. The molecule has 1 nitrogen and oxygen atoms in total. The van der Waals surface area contributed by atoms with E-state index < -0.39 is 0 Å². The summed E-state index contributed by atoms with van der Waals surface area (Å²) in [6, 6.07) is 0. The first-order chi connectivity index (χ1) is 2.77. The monoisotopic (exact) mass is 365 g/mol. The van der Waals surface area contributed by atoms with Crippen LogP contribution in [-0.2, 0) is 4.42 Å². The number of thiol groups is 1. The van der Waals surface area contributed by atoms with Crippen molar-refractivity contribution in [1.82, 2.24) is 4.49 Å². The summed E-state index contributed by atoms with van der Waals surface area (Å²) in [7, 11) is 1.19. The van der Waals surface area contributed by atoms with Crippen molar-refractivity contribution >= 4 is 67.1 Å². The molecule has 0 fully saturated rings. The van der Waals surface area contributed by atoms with Gasteiger partial charge in [0.05, 0.1) is 0 Å². The van der Waals surface area contributed by atoms with Crippen molar-refractivity contribution in [3.8, 4) is 0 Å². The highest BCUT2D eigenvalue weighted by atomic mass is 127. The van der Waals surface area contributed by atoms with Crippen molar-refractivity contribution in [1.29, 1.82) is 0 Å². The number of rotatable bonds is 1. The average molecular weight is 365 g/mol. The highest BCUT2D eigenvalue weighted by Gasteiger charge is 1.70. The van der Waals surface area contributed by atoms with Crippen LogP contribution >= 0.6 is 62.7 Å². The lowest BCUT2D eigenvalue weighted by molar-refractivity contribution is 1.80. The zero-order valence-electron chi connectivity index (χ0n) is 2.56. The van der Waals surface area contributed by atoms with Gasteiger partial charge in [-0.25, -0.2) is 4.49 Å². The molecule has 0 aliphatic rings. The smallest absolute Gasteiger partial charge is 0.0423 e. The summed E-state index contributed by atoms with van der Waals surface area (Å²) < 4.78 is 3.14. The fraction of sp³-hybridized carbons (Fsp3) is 0. The number of hydrogen-bond acceptors (Lipinski definition) is 1. The summed E-state index contributed by atoms with van der Waals surface area (Å²) in [4.78, 5) is 0. The lowest BCUT2D eigenvalue weighted by atomic mass is 13.9. The van der Waals surface area contributed by atoms with Gasteiger partial charge >= 0.3 is 0 Å². The van der Waals surface area contributed by atoms with E-state index >= 15 is 0 Å². The minimum atomic E-state index is 0.409. The molecule has 0 saturated heterocycles. The summed E-state index contributed by atoms with van der Waals surface area (Å²) in [5.74, 6) is 0. The molecular weight excluding hydrogens is 363 g/mol. The van der Waals surface area contributed by atoms with E-state index in [2.05, 4.69) is 59.7 Å². The summed E-state index contributed by atoms with van der Waals surface area (Å²) in [6.45, 7) is 0. The Labute approximate surface area is 70.6 Å². The molecule has 0 aromatic heterocycles. The SMILES string of the molecule is SNP=S(I)I. The minimum absolute atomic E-state index is 0.409. The molecule has 0 aliphatic carbocycles. The molecule has 0 atom stereocenters. The standard InChI is InChI=1S/H2I2NPS2/c1-6(2)4-3-5/h3,5H. The van der Waals surface area contributed by atoms with E-state index in [9.17, 15) is 0 Å². The van der Waals surface area contributed by atoms with Crippen LogP contribution in [0.1, 0.15) is 0 Å². The zero-order chi connectivity index (χ0) is 4.99. The zero-order valence-corrected chi connectivity index (χ0v) is 9.48. The normalized spacial score (nSPS) is 10.7. The fourth-order valence-corrected chi connectivity index (χ4v) is 5.59. The van der Waals surface area contributed by atoms with Crippen LogP contribution in [-0.4, -0.2) is 0 Å². The van der Waals surface area contributed by atoms with Crippen molar-refractivity contribution in [2.24, 2.45) is 0 Å². The van der Waals surface area contributed by atoms with Crippen LogP contribution in [0.2, 0.25) is 0 Å². The molecule has 0 radical (unpaired) electrons. The van der Waals surface area contributed by atoms with E-state index in [1.54, 1.807) is 0 Å². The second kappa shape index (κ2) is 5.55. The van der Waals surface area contributed by atoms with Crippen LogP contribution in [0.25, 0.3) is 0 Å². The van der Waals surface area contributed by atoms with Crippen molar-refractivity contribution in [2.45, 2.75) is 0 Å². The van der Waals surface area contributed by atoms with Gasteiger partial charge in [-0.05, 0) is 4.42 Å². The fourth-order valence-electron chi connectivity index (χ4n) is 0.0309. The quantitative estimate of drug-likeness (QED) is 0.414. The molecule has 6 heavy (non-hydrogen) atoms. The van der Waals surface area contributed by atoms with Gasteiger partial charge in [-0.1, -0.05) is 12.8 Å². The Kier molecular flexibility index (Phi) is 7.80. The van der Waals surface area contributed by atoms with Crippen molar-refractivity contribution < 1.29 is 0 Å². The van der Waals surface area contributed by atoms with E-state index in [0.717, 1.165) is 0 Å². The summed E-state index contributed by atoms with van der Waals surface area (Å²) >= 11 is 8.46. The predicted molar refractivity (Wildman–Crippen MR) is 54.4 cm³/mol. The molecule has 0 aromatic rings. The van der Waals surface area contributed by atoms with Gasteiger partial charge in [0.1, 0.15) is 0 Å². The molecular formula is H2I2NPS2. The molecule has 0 bridgehead atoms. The van der Waals surface area contributed by atoms with Gasteiger partial charge in [-0.15, -0.1) is 0 Å². The number of hydrogen-bond donors (Lipinski definition) is 2. The van der Waals surface area contributed by atoms with Gasteiger partial charge in [0, 0.05) is 49.9 Å². The molecule has 0 amide bonds. The lowest BCUT2D eigenvalue weighted by Crippen LogP contribution is -1.66. The van der Waals surface area contributed by atoms with Gasteiger partial charge in [-0.3, -0.25) is 0 Å². The highest BCUT2D eigenvalue weighted by Crippen LogP contribution is 2.16. The predicted octanol–water partition coefficient (Wildman–Crippen LogP) is 2.52. The van der Waals surface area contributed by atoms with Crippen LogP contribution in [0, 0.1) is 0 Å². The van der Waals surface area contributed by atoms with Gasteiger partial charge in [0.15, 0.2) is 0 Å². The first-order valence-electron chi connectivity index (χ1n) is 0.938. The average Bonchev–Trinajstić information content (AvgIpc) is 1.35. The molecule has 38 valence electrons. The Hall–Kier alpha value is 2.42. The molecule has 0 rings (SSSR count). The maximum absolute atomic E-state index is 3.79. The van der Waals surface area contributed by atoms with E-state index in [1.807, 2.05) is 0 Å². The minimum Gasteiger partial charge on any atom is -0.212 e. The topological polar surface area (TPSA) is 12.0 Å². The highest BCUT2D eigenvalue weighted by molar-refractivity contribution is 14.3. The van der Waals surface area contributed by atoms with Gasteiger partial charge in [0.25, 0.3) is 0 Å². The number of halogens is 2. The summed E-state index contributed by atoms with van der Waals surface area (Å²) in [5, 5.41) is 0. The Balaban J connectivity index is 3.14. The second-order valence-corrected chi connectivity index (χ2v) is 17.9. The summed E-state index contributed by atoms with van der Waals surface area (Å²) in [6.07, 6.45) is 0. The second-order valence-electron chi connectivity index (χ2n) is 0.388. The first-order valence-corrected chi connectivity index (χ1v) is 9.20.